The summed E-state index contributed by atoms with van der Waals surface area (Å²) in [4.78, 5) is 0. The number of nitrogens with zero attached hydrogens (tertiary/aromatic N) is 2. The van der Waals surface area contributed by atoms with Crippen LogP contribution in [0.4, 0.5) is 0 Å². The van der Waals surface area contributed by atoms with Gasteiger partial charge in [0.05, 0.1) is 8.22 Å². The molecule has 3 rings (SSSR count). The fraction of sp³-hybridized carbons (Fsp3) is 0.280. The van der Waals surface area contributed by atoms with E-state index in [-0.39, 0.29) is 0 Å². The molecule has 0 radical (unpaired) electrons. The van der Waals surface area contributed by atoms with Gasteiger partial charge in [-0.05, 0) is 24.5 Å². The maximum atomic E-state index is 2.80. The topological polar surface area (TPSA) is 6.48 Å². The van der Waals surface area contributed by atoms with E-state index < -0.39 is 16.3 Å². The Morgan fingerprint density at radius 2 is 1.00 bits per heavy atom. The van der Waals surface area contributed by atoms with E-state index in [1.54, 1.807) is 0 Å². The number of benzene rings is 3. The van der Waals surface area contributed by atoms with Gasteiger partial charge in [-0.2, -0.15) is 0 Å². The average Bonchev–Trinajstić information content (AvgIpc) is 2.78. The lowest BCUT2D eigenvalue weighted by atomic mass is 10.4. The molecule has 0 aromatic heterocycles. The first kappa shape index (κ1) is 22.1. The van der Waals surface area contributed by atoms with E-state index in [2.05, 4.69) is 128 Å². The summed E-state index contributed by atoms with van der Waals surface area (Å²) in [7, 11) is -1.25. The molecule has 0 fully saturated rings. The highest BCUT2D eigenvalue weighted by molar-refractivity contribution is 7.81. The number of hydrogen-bond acceptors (Lipinski definition) is 2. The Morgan fingerprint density at radius 1 is 0.621 bits per heavy atom. The lowest BCUT2D eigenvalue weighted by Gasteiger charge is -2.45. The van der Waals surface area contributed by atoms with Crippen molar-refractivity contribution >= 4 is 32.2 Å². The van der Waals surface area contributed by atoms with Crippen molar-refractivity contribution < 1.29 is 0 Å². The van der Waals surface area contributed by atoms with Crippen LogP contribution in [0.2, 0.25) is 0 Å². The normalized spacial score (nSPS) is 12.8. The smallest absolute Gasteiger partial charge is 0.0769 e. The molecule has 0 saturated heterocycles. The highest BCUT2D eigenvalue weighted by atomic mass is 31.2. The molecule has 0 aliphatic heterocycles. The molecule has 4 heteroatoms. The lowest BCUT2D eigenvalue weighted by molar-refractivity contribution is 0.464. The molecular formula is C25H32N2P2. The predicted octanol–water partition coefficient (Wildman–Crippen LogP) is 5.72. The van der Waals surface area contributed by atoms with Crippen LogP contribution in [0.5, 0.6) is 0 Å². The summed E-state index contributed by atoms with van der Waals surface area (Å²) in [5, 5.41) is 4.26. The minimum absolute atomic E-state index is 0.424. The summed E-state index contributed by atoms with van der Waals surface area (Å²) in [5.74, 6) is 0. The van der Waals surface area contributed by atoms with Crippen LogP contribution >= 0.6 is 16.3 Å². The van der Waals surface area contributed by atoms with E-state index in [0.717, 1.165) is 13.1 Å². The second-order valence-electron chi connectivity index (χ2n) is 7.16. The van der Waals surface area contributed by atoms with Gasteiger partial charge in [-0.1, -0.05) is 105 Å². The molecule has 0 N–H and O–H groups in total. The van der Waals surface area contributed by atoms with Crippen LogP contribution < -0.4 is 15.9 Å². The molecule has 0 amide bonds. The highest BCUT2D eigenvalue weighted by Crippen LogP contribution is 2.58. The Hall–Kier alpha value is -1.56. The Labute approximate surface area is 179 Å². The fourth-order valence-corrected chi connectivity index (χ4v) is 9.85. The summed E-state index contributed by atoms with van der Waals surface area (Å²) in [6.07, 6.45) is 0. The van der Waals surface area contributed by atoms with Crippen LogP contribution in [0.25, 0.3) is 0 Å². The summed E-state index contributed by atoms with van der Waals surface area (Å²) in [6.45, 7) is 11.4. The molecule has 0 aliphatic carbocycles. The first-order chi connectivity index (χ1) is 14.2. The van der Waals surface area contributed by atoms with E-state index in [0.29, 0.717) is 6.04 Å². The molecule has 0 spiro atoms. The summed E-state index contributed by atoms with van der Waals surface area (Å²) >= 11 is 0. The summed E-state index contributed by atoms with van der Waals surface area (Å²) in [6, 6.07) is 33.7. The molecule has 152 valence electrons. The van der Waals surface area contributed by atoms with Crippen molar-refractivity contribution in [3.8, 4) is 0 Å². The van der Waals surface area contributed by atoms with Crippen LogP contribution in [0.15, 0.2) is 91.0 Å². The first-order valence-electron chi connectivity index (χ1n) is 10.5. The van der Waals surface area contributed by atoms with E-state index in [9.17, 15) is 0 Å². The molecule has 0 bridgehead atoms. The zero-order chi connectivity index (χ0) is 20.6. The van der Waals surface area contributed by atoms with Gasteiger partial charge in [0.1, 0.15) is 0 Å². The summed E-state index contributed by atoms with van der Waals surface area (Å²) < 4.78 is 5.45. The van der Waals surface area contributed by atoms with Gasteiger partial charge in [-0.25, -0.2) is 4.44 Å². The minimum atomic E-state index is -0.640. The molecule has 2 nitrogen and oxygen atoms in total. The van der Waals surface area contributed by atoms with Crippen LogP contribution in [0, 0.1) is 0 Å². The monoisotopic (exact) mass is 422 g/mol. The SMILES string of the molecule is CCN(CC)P(c1ccccc1)N(C(C)C)P(c1ccccc1)c1ccccc1. The molecule has 3 aromatic carbocycles. The first-order valence-corrected chi connectivity index (χ1v) is 13.0. The largest absolute Gasteiger partial charge is 0.267 e. The quantitative estimate of drug-likeness (QED) is 0.407. The third kappa shape index (κ3) is 5.33. The number of rotatable bonds is 9. The Bertz CT molecular complexity index is 797. The minimum Gasteiger partial charge on any atom is -0.267 e. The van der Waals surface area contributed by atoms with Crippen molar-refractivity contribution in [2.24, 2.45) is 0 Å². The Kier molecular flexibility index (Phi) is 8.40. The Balaban J connectivity index is 2.19. The standard InChI is InChI=1S/C25H32N2P2/c1-5-26(6-2)29(25-20-14-9-15-21-25)27(22(3)4)28(23-16-10-7-11-17-23)24-18-12-8-13-19-24/h7-22H,5-6H2,1-4H3. The van der Waals surface area contributed by atoms with E-state index in [4.69, 9.17) is 0 Å². The maximum Gasteiger partial charge on any atom is 0.0769 e. The zero-order valence-electron chi connectivity index (χ0n) is 17.9. The van der Waals surface area contributed by atoms with E-state index in [1.165, 1.54) is 15.9 Å². The molecule has 1 atom stereocenters. The molecular weight excluding hydrogens is 390 g/mol. The second-order valence-corrected chi connectivity index (χ2v) is 11.7. The zero-order valence-corrected chi connectivity index (χ0v) is 19.7. The second kappa shape index (κ2) is 11.0. The van der Waals surface area contributed by atoms with Crippen molar-refractivity contribution in [3.05, 3.63) is 91.0 Å². The van der Waals surface area contributed by atoms with Crippen molar-refractivity contribution in [3.63, 3.8) is 0 Å². The molecule has 3 aromatic rings. The van der Waals surface area contributed by atoms with E-state index in [1.807, 2.05) is 0 Å². The third-order valence-electron chi connectivity index (χ3n) is 4.85. The van der Waals surface area contributed by atoms with Gasteiger partial charge in [-0.3, -0.25) is 4.67 Å². The molecule has 0 heterocycles. The van der Waals surface area contributed by atoms with Gasteiger partial charge in [0, 0.05) is 32.5 Å². The number of hydrogen-bond donors (Lipinski definition) is 0. The third-order valence-corrected chi connectivity index (χ3v) is 11.1. The van der Waals surface area contributed by atoms with Crippen molar-refractivity contribution in [2.75, 3.05) is 13.1 Å². The van der Waals surface area contributed by atoms with Gasteiger partial charge < -0.3 is 0 Å². The lowest BCUT2D eigenvalue weighted by Crippen LogP contribution is -2.38. The van der Waals surface area contributed by atoms with Crippen LogP contribution in [0.1, 0.15) is 27.7 Å². The van der Waals surface area contributed by atoms with Crippen LogP contribution in [0.3, 0.4) is 0 Å². The average molecular weight is 422 g/mol. The van der Waals surface area contributed by atoms with Crippen molar-refractivity contribution in [1.29, 1.82) is 0 Å². The van der Waals surface area contributed by atoms with Gasteiger partial charge in [0.2, 0.25) is 0 Å². The molecule has 0 saturated carbocycles. The van der Waals surface area contributed by atoms with Crippen molar-refractivity contribution in [2.45, 2.75) is 33.7 Å². The summed E-state index contributed by atoms with van der Waals surface area (Å²) in [5.41, 5.74) is 0. The molecule has 0 aliphatic rings. The van der Waals surface area contributed by atoms with Crippen LogP contribution in [-0.2, 0) is 0 Å². The van der Waals surface area contributed by atoms with Gasteiger partial charge >= 0.3 is 0 Å². The van der Waals surface area contributed by atoms with E-state index >= 15 is 0 Å². The highest BCUT2D eigenvalue weighted by Gasteiger charge is 2.35. The molecule has 1 unspecified atom stereocenters. The van der Waals surface area contributed by atoms with Gasteiger partial charge in [0.25, 0.3) is 0 Å². The van der Waals surface area contributed by atoms with Crippen molar-refractivity contribution in [1.82, 2.24) is 9.11 Å². The predicted molar refractivity (Wildman–Crippen MR) is 132 cm³/mol. The Morgan fingerprint density at radius 3 is 1.34 bits per heavy atom. The van der Waals surface area contributed by atoms with Gasteiger partial charge in [0.15, 0.2) is 0 Å². The molecule has 29 heavy (non-hydrogen) atoms. The fourth-order valence-electron chi connectivity index (χ4n) is 3.52. The van der Waals surface area contributed by atoms with Crippen LogP contribution in [-0.4, -0.2) is 28.2 Å². The van der Waals surface area contributed by atoms with Gasteiger partial charge in [-0.15, -0.1) is 0 Å². The maximum absolute atomic E-state index is 2.80.